The van der Waals surface area contributed by atoms with Crippen molar-refractivity contribution in [2.45, 2.75) is 19.5 Å². The van der Waals surface area contributed by atoms with Crippen LogP contribution in [0.4, 0.5) is 0 Å². The number of ether oxygens (including phenoxy) is 1. The van der Waals surface area contributed by atoms with Gasteiger partial charge in [-0.25, -0.2) is 0 Å². The van der Waals surface area contributed by atoms with Crippen molar-refractivity contribution in [1.82, 2.24) is 9.88 Å². The van der Waals surface area contributed by atoms with Crippen molar-refractivity contribution in [3.63, 3.8) is 0 Å². The Morgan fingerprint density at radius 3 is 2.07 bits per heavy atom. The zero-order valence-electron chi connectivity index (χ0n) is 16.5. The number of rotatable bonds is 7. The minimum absolute atomic E-state index is 0.0875. The standard InChI is InChI=1S/C25H24N2O2/c1-29-23-14-8-13-22-25(23)21(16-26-22)15-24(28)27(17-19-9-4-2-5-10-19)18-20-11-6-3-7-12-20/h2-14,16,26H,15,17-18H2,1H3. The fourth-order valence-electron chi connectivity index (χ4n) is 3.64. The van der Waals surface area contributed by atoms with Gasteiger partial charge in [0.15, 0.2) is 0 Å². The summed E-state index contributed by atoms with van der Waals surface area (Å²) in [6, 6.07) is 26.1. The molecule has 1 amide bonds. The maximum absolute atomic E-state index is 13.3. The van der Waals surface area contributed by atoms with Gasteiger partial charge < -0.3 is 14.6 Å². The highest BCUT2D eigenvalue weighted by Gasteiger charge is 2.18. The maximum atomic E-state index is 13.3. The number of benzene rings is 3. The number of carbonyl (C=O) groups excluding carboxylic acids is 1. The number of aromatic amines is 1. The molecule has 4 rings (SSSR count). The zero-order chi connectivity index (χ0) is 20.1. The number of aromatic nitrogens is 1. The molecule has 146 valence electrons. The topological polar surface area (TPSA) is 45.3 Å². The Morgan fingerprint density at radius 2 is 1.48 bits per heavy atom. The van der Waals surface area contributed by atoms with Gasteiger partial charge >= 0.3 is 0 Å². The van der Waals surface area contributed by atoms with Crippen LogP contribution in [0.25, 0.3) is 10.9 Å². The van der Waals surface area contributed by atoms with Crippen LogP contribution in [0.1, 0.15) is 16.7 Å². The number of methoxy groups -OCH3 is 1. The third kappa shape index (κ3) is 4.32. The highest BCUT2D eigenvalue weighted by atomic mass is 16.5. The van der Waals surface area contributed by atoms with Crippen LogP contribution in [0.2, 0.25) is 0 Å². The molecule has 1 aromatic heterocycles. The molecule has 0 bridgehead atoms. The predicted molar refractivity (Wildman–Crippen MR) is 116 cm³/mol. The number of nitrogens with zero attached hydrogens (tertiary/aromatic N) is 1. The van der Waals surface area contributed by atoms with E-state index in [0.717, 1.165) is 33.3 Å². The van der Waals surface area contributed by atoms with Gasteiger partial charge in [-0.3, -0.25) is 4.79 Å². The number of carbonyl (C=O) groups is 1. The summed E-state index contributed by atoms with van der Waals surface area (Å²) in [6.45, 7) is 1.15. The van der Waals surface area contributed by atoms with Gasteiger partial charge in [0.2, 0.25) is 5.91 Å². The Bertz CT molecular complexity index is 1050. The van der Waals surface area contributed by atoms with E-state index < -0.39 is 0 Å². The van der Waals surface area contributed by atoms with Gasteiger partial charge in [0.1, 0.15) is 5.75 Å². The largest absolute Gasteiger partial charge is 0.496 e. The van der Waals surface area contributed by atoms with Gasteiger partial charge in [-0.05, 0) is 28.8 Å². The highest BCUT2D eigenvalue weighted by molar-refractivity contribution is 5.93. The molecule has 0 atom stereocenters. The van der Waals surface area contributed by atoms with Crippen LogP contribution in [-0.2, 0) is 24.3 Å². The first-order chi connectivity index (χ1) is 14.2. The van der Waals surface area contributed by atoms with Crippen molar-refractivity contribution < 1.29 is 9.53 Å². The Kier molecular flexibility index (Phi) is 5.61. The number of hydrogen-bond acceptors (Lipinski definition) is 2. The molecule has 4 nitrogen and oxygen atoms in total. The molecular formula is C25H24N2O2. The van der Waals surface area contributed by atoms with E-state index in [9.17, 15) is 4.79 Å². The lowest BCUT2D eigenvalue weighted by Gasteiger charge is -2.23. The molecule has 1 heterocycles. The average Bonchev–Trinajstić information content (AvgIpc) is 3.18. The van der Waals surface area contributed by atoms with E-state index in [0.29, 0.717) is 19.5 Å². The van der Waals surface area contributed by atoms with Crippen molar-refractivity contribution in [3.8, 4) is 5.75 Å². The quantitative estimate of drug-likeness (QED) is 0.490. The smallest absolute Gasteiger partial charge is 0.227 e. The van der Waals surface area contributed by atoms with Crippen LogP contribution in [0.15, 0.2) is 85.1 Å². The summed E-state index contributed by atoms with van der Waals surface area (Å²) < 4.78 is 5.51. The molecule has 0 saturated carbocycles. The van der Waals surface area contributed by atoms with Gasteiger partial charge in [-0.2, -0.15) is 0 Å². The van der Waals surface area contributed by atoms with Crippen molar-refractivity contribution in [2.75, 3.05) is 7.11 Å². The van der Waals surface area contributed by atoms with Crippen LogP contribution in [-0.4, -0.2) is 22.9 Å². The zero-order valence-corrected chi connectivity index (χ0v) is 16.5. The number of hydrogen-bond donors (Lipinski definition) is 1. The minimum atomic E-state index is 0.0875. The van der Waals surface area contributed by atoms with E-state index in [4.69, 9.17) is 4.74 Å². The SMILES string of the molecule is COc1cccc2[nH]cc(CC(=O)N(Cc3ccccc3)Cc3ccccc3)c12. The molecule has 0 aliphatic carbocycles. The molecule has 1 N–H and O–H groups in total. The molecule has 0 aliphatic heterocycles. The first kappa shape index (κ1) is 18.8. The predicted octanol–water partition coefficient (Wildman–Crippen LogP) is 4.95. The second kappa shape index (κ2) is 8.65. The maximum Gasteiger partial charge on any atom is 0.227 e. The van der Waals surface area contributed by atoms with Crippen LogP contribution in [0, 0.1) is 0 Å². The molecule has 0 radical (unpaired) electrons. The minimum Gasteiger partial charge on any atom is -0.496 e. The van der Waals surface area contributed by atoms with Gasteiger partial charge in [0, 0.05) is 30.2 Å². The summed E-state index contributed by atoms with van der Waals surface area (Å²) in [5.41, 5.74) is 4.17. The van der Waals surface area contributed by atoms with Gasteiger partial charge in [-0.15, -0.1) is 0 Å². The van der Waals surface area contributed by atoms with Crippen LogP contribution in [0.3, 0.4) is 0 Å². The van der Waals surface area contributed by atoms with Crippen molar-refractivity contribution in [1.29, 1.82) is 0 Å². The summed E-state index contributed by atoms with van der Waals surface area (Å²) in [6.07, 6.45) is 2.23. The molecule has 4 heteroatoms. The Labute approximate surface area is 170 Å². The normalized spacial score (nSPS) is 10.8. The Hall–Kier alpha value is -3.53. The van der Waals surface area contributed by atoms with E-state index in [-0.39, 0.29) is 5.91 Å². The van der Waals surface area contributed by atoms with Crippen molar-refractivity contribution in [2.24, 2.45) is 0 Å². The monoisotopic (exact) mass is 384 g/mol. The molecular weight excluding hydrogens is 360 g/mol. The molecule has 0 unspecified atom stereocenters. The molecule has 0 saturated heterocycles. The van der Waals surface area contributed by atoms with E-state index in [1.807, 2.05) is 65.7 Å². The number of amides is 1. The van der Waals surface area contributed by atoms with Gasteiger partial charge in [0.05, 0.1) is 13.5 Å². The van der Waals surface area contributed by atoms with Crippen molar-refractivity contribution >= 4 is 16.8 Å². The summed E-state index contributed by atoms with van der Waals surface area (Å²) >= 11 is 0. The van der Waals surface area contributed by atoms with Crippen molar-refractivity contribution in [3.05, 3.63) is 102 Å². The molecule has 3 aromatic carbocycles. The second-order valence-electron chi connectivity index (χ2n) is 7.09. The molecule has 4 aromatic rings. The first-order valence-electron chi connectivity index (χ1n) is 9.73. The number of H-pyrrole nitrogens is 1. The van der Waals surface area contributed by atoms with E-state index in [2.05, 4.69) is 29.2 Å². The summed E-state index contributed by atoms with van der Waals surface area (Å²) in [5.74, 6) is 0.869. The first-order valence-corrected chi connectivity index (χ1v) is 9.73. The molecule has 0 spiro atoms. The second-order valence-corrected chi connectivity index (χ2v) is 7.09. The average molecular weight is 384 g/mol. The number of nitrogens with one attached hydrogen (secondary N) is 1. The van der Waals surface area contributed by atoms with Gasteiger partial charge in [-0.1, -0.05) is 66.7 Å². The van der Waals surface area contributed by atoms with Gasteiger partial charge in [0.25, 0.3) is 0 Å². The lowest BCUT2D eigenvalue weighted by Crippen LogP contribution is -2.31. The number of fused-ring (bicyclic) bond motifs is 1. The molecule has 0 fully saturated rings. The van der Waals surface area contributed by atoms with E-state index in [1.165, 1.54) is 0 Å². The fourth-order valence-corrected chi connectivity index (χ4v) is 3.64. The summed E-state index contributed by atoms with van der Waals surface area (Å²) in [5, 5.41) is 0.975. The third-order valence-electron chi connectivity index (χ3n) is 5.10. The fraction of sp³-hybridized carbons (Fsp3) is 0.160. The summed E-state index contributed by atoms with van der Waals surface area (Å²) in [7, 11) is 1.66. The third-order valence-corrected chi connectivity index (χ3v) is 5.10. The highest BCUT2D eigenvalue weighted by Crippen LogP contribution is 2.29. The van der Waals surface area contributed by atoms with E-state index in [1.54, 1.807) is 7.11 Å². The lowest BCUT2D eigenvalue weighted by atomic mass is 10.1. The van der Waals surface area contributed by atoms with E-state index >= 15 is 0 Å². The molecule has 0 aliphatic rings. The van der Waals surface area contributed by atoms with Crippen LogP contribution < -0.4 is 4.74 Å². The summed E-state index contributed by atoms with van der Waals surface area (Å²) in [4.78, 5) is 18.5. The van der Waals surface area contributed by atoms with Crippen LogP contribution >= 0.6 is 0 Å². The Morgan fingerprint density at radius 1 is 0.862 bits per heavy atom. The Balaban J connectivity index is 1.61. The molecule has 29 heavy (non-hydrogen) atoms. The van der Waals surface area contributed by atoms with Crippen LogP contribution in [0.5, 0.6) is 5.75 Å². The lowest BCUT2D eigenvalue weighted by molar-refractivity contribution is -0.131.